The number of nitrogens with zero attached hydrogens (tertiary/aromatic N) is 1. The number of alkyl halides is 3. The Balaban J connectivity index is 1.82. The molecule has 0 aliphatic carbocycles. The van der Waals surface area contributed by atoms with Gasteiger partial charge >= 0.3 is 6.18 Å². The molecule has 0 bridgehead atoms. The first-order chi connectivity index (χ1) is 11.3. The summed E-state index contributed by atoms with van der Waals surface area (Å²) in [5.74, 6) is -1.25. The number of hydrogen-bond acceptors (Lipinski definition) is 3. The fourth-order valence-electron chi connectivity index (χ4n) is 1.93. The minimum atomic E-state index is -4.41. The number of amides is 3. The van der Waals surface area contributed by atoms with Gasteiger partial charge in [-0.1, -0.05) is 12.1 Å². The molecule has 3 amide bonds. The van der Waals surface area contributed by atoms with E-state index in [1.807, 2.05) is 0 Å². The molecule has 6 nitrogen and oxygen atoms in total. The summed E-state index contributed by atoms with van der Waals surface area (Å²) in [7, 11) is 0. The van der Waals surface area contributed by atoms with Crippen LogP contribution in [0.5, 0.6) is 0 Å². The summed E-state index contributed by atoms with van der Waals surface area (Å²) < 4.78 is 37.3. The summed E-state index contributed by atoms with van der Waals surface area (Å²) in [5, 5.41) is 4.80. The third-order valence-electron chi connectivity index (χ3n) is 3.23. The number of carbonyl (C=O) groups is 3. The highest BCUT2D eigenvalue weighted by Gasteiger charge is 2.29. The average Bonchev–Trinajstić information content (AvgIpc) is 2.96. The monoisotopic (exact) mass is 341 g/mol. The standard InChI is InChI=1S/C15H14F3N3O3/c16-15(17,18)11-4-1-10(2-5-11)3-6-12(22)19-7-14(24)21-8-13(23)20-9-21/h1-6H,7-9H2,(H,19,22)(H,20,23)/b6-3+. The van der Waals surface area contributed by atoms with Crippen molar-refractivity contribution in [2.24, 2.45) is 0 Å². The zero-order valence-corrected chi connectivity index (χ0v) is 12.4. The maximum atomic E-state index is 12.4. The molecule has 2 rings (SSSR count). The van der Waals surface area contributed by atoms with Crippen LogP contribution >= 0.6 is 0 Å². The number of carbonyl (C=O) groups excluding carboxylic acids is 3. The van der Waals surface area contributed by atoms with Gasteiger partial charge < -0.3 is 15.5 Å². The van der Waals surface area contributed by atoms with Crippen molar-refractivity contribution in [2.75, 3.05) is 19.8 Å². The van der Waals surface area contributed by atoms with Gasteiger partial charge in [0.2, 0.25) is 17.7 Å². The van der Waals surface area contributed by atoms with Gasteiger partial charge in [0, 0.05) is 6.08 Å². The highest BCUT2D eigenvalue weighted by atomic mass is 19.4. The Morgan fingerprint density at radius 3 is 2.46 bits per heavy atom. The van der Waals surface area contributed by atoms with Crippen molar-refractivity contribution in [3.05, 3.63) is 41.5 Å². The second kappa shape index (κ2) is 7.16. The highest BCUT2D eigenvalue weighted by Crippen LogP contribution is 2.29. The molecule has 0 spiro atoms. The predicted molar refractivity (Wildman–Crippen MR) is 78.2 cm³/mol. The van der Waals surface area contributed by atoms with Gasteiger partial charge in [-0.05, 0) is 23.8 Å². The first-order valence-corrected chi connectivity index (χ1v) is 6.93. The van der Waals surface area contributed by atoms with Crippen LogP contribution in [0, 0.1) is 0 Å². The number of rotatable bonds is 4. The van der Waals surface area contributed by atoms with Crippen LogP contribution < -0.4 is 10.6 Å². The molecule has 1 aromatic rings. The molecule has 0 unspecified atom stereocenters. The van der Waals surface area contributed by atoms with Crippen molar-refractivity contribution in [2.45, 2.75) is 6.18 Å². The van der Waals surface area contributed by atoms with E-state index in [1.54, 1.807) is 0 Å². The maximum Gasteiger partial charge on any atom is 0.416 e. The molecule has 128 valence electrons. The third kappa shape index (κ3) is 4.83. The number of benzene rings is 1. The summed E-state index contributed by atoms with van der Waals surface area (Å²) in [5.41, 5.74) is -0.359. The van der Waals surface area contributed by atoms with E-state index in [9.17, 15) is 27.6 Å². The van der Waals surface area contributed by atoms with Gasteiger partial charge in [0.05, 0.1) is 18.8 Å². The smallest absolute Gasteiger partial charge is 0.343 e. The van der Waals surface area contributed by atoms with Crippen LogP contribution in [0.4, 0.5) is 13.2 Å². The maximum absolute atomic E-state index is 12.4. The van der Waals surface area contributed by atoms with Crippen molar-refractivity contribution in [1.82, 2.24) is 15.5 Å². The molecule has 1 aromatic carbocycles. The molecule has 0 aromatic heterocycles. The topological polar surface area (TPSA) is 78.5 Å². The quantitative estimate of drug-likeness (QED) is 0.794. The Bertz CT molecular complexity index is 669. The van der Waals surface area contributed by atoms with Crippen molar-refractivity contribution >= 4 is 23.8 Å². The molecular weight excluding hydrogens is 327 g/mol. The van der Waals surface area contributed by atoms with Gasteiger partial charge in [0.15, 0.2) is 0 Å². The first kappa shape index (κ1) is 17.5. The molecule has 24 heavy (non-hydrogen) atoms. The van der Waals surface area contributed by atoms with Crippen LogP contribution in [0.1, 0.15) is 11.1 Å². The molecule has 0 atom stereocenters. The van der Waals surface area contributed by atoms with E-state index in [2.05, 4.69) is 10.6 Å². The lowest BCUT2D eigenvalue weighted by Crippen LogP contribution is -2.39. The molecule has 1 aliphatic rings. The first-order valence-electron chi connectivity index (χ1n) is 6.93. The Labute approximate surface area is 135 Å². The zero-order chi connectivity index (χ0) is 17.7. The van der Waals surface area contributed by atoms with Crippen molar-refractivity contribution in [3.8, 4) is 0 Å². The van der Waals surface area contributed by atoms with E-state index in [0.717, 1.165) is 18.2 Å². The molecule has 1 fully saturated rings. The minimum absolute atomic E-state index is 0.0455. The molecule has 0 saturated carbocycles. The normalized spacial score (nSPS) is 14.8. The van der Waals surface area contributed by atoms with Crippen molar-refractivity contribution < 1.29 is 27.6 Å². The molecule has 1 heterocycles. The van der Waals surface area contributed by atoms with Gasteiger partial charge in [-0.3, -0.25) is 14.4 Å². The van der Waals surface area contributed by atoms with Gasteiger partial charge in [-0.15, -0.1) is 0 Å². The number of nitrogens with one attached hydrogen (secondary N) is 2. The summed E-state index contributed by atoms with van der Waals surface area (Å²) in [6, 6.07) is 4.30. The summed E-state index contributed by atoms with van der Waals surface area (Å²) in [4.78, 5) is 35.5. The molecule has 0 radical (unpaired) electrons. The Hall–Kier alpha value is -2.84. The zero-order valence-electron chi connectivity index (χ0n) is 12.4. The molecule has 1 aliphatic heterocycles. The van der Waals surface area contributed by atoms with Crippen LogP contribution in [-0.4, -0.2) is 42.4 Å². The van der Waals surface area contributed by atoms with Gasteiger partial charge in [0.1, 0.15) is 6.54 Å². The number of halogens is 3. The van der Waals surface area contributed by atoms with Gasteiger partial charge in [-0.25, -0.2) is 0 Å². The predicted octanol–water partition coefficient (Wildman–Crippen LogP) is 0.751. The molecule has 9 heteroatoms. The van der Waals surface area contributed by atoms with E-state index in [-0.39, 0.29) is 25.7 Å². The van der Waals surface area contributed by atoms with Gasteiger partial charge in [-0.2, -0.15) is 13.2 Å². The lowest BCUT2D eigenvalue weighted by Gasteiger charge is -2.12. The number of hydrogen-bond donors (Lipinski definition) is 2. The molecule has 1 saturated heterocycles. The lowest BCUT2D eigenvalue weighted by molar-refractivity contribution is -0.137. The van der Waals surface area contributed by atoms with Crippen LogP contribution in [0.3, 0.4) is 0 Å². The minimum Gasteiger partial charge on any atom is -0.343 e. The highest BCUT2D eigenvalue weighted by molar-refractivity contribution is 5.95. The van der Waals surface area contributed by atoms with Crippen molar-refractivity contribution in [3.63, 3.8) is 0 Å². The van der Waals surface area contributed by atoms with E-state index >= 15 is 0 Å². The van der Waals surface area contributed by atoms with E-state index in [4.69, 9.17) is 0 Å². The second-order valence-corrected chi connectivity index (χ2v) is 5.02. The lowest BCUT2D eigenvalue weighted by atomic mass is 10.1. The van der Waals surface area contributed by atoms with E-state index in [1.165, 1.54) is 23.1 Å². The van der Waals surface area contributed by atoms with E-state index in [0.29, 0.717) is 5.56 Å². The van der Waals surface area contributed by atoms with Gasteiger partial charge in [0.25, 0.3) is 0 Å². The second-order valence-electron chi connectivity index (χ2n) is 5.02. The molecule has 2 N–H and O–H groups in total. The summed E-state index contributed by atoms with van der Waals surface area (Å²) in [6.07, 6.45) is -1.96. The Morgan fingerprint density at radius 1 is 1.25 bits per heavy atom. The van der Waals surface area contributed by atoms with E-state index < -0.39 is 23.6 Å². The Morgan fingerprint density at radius 2 is 1.92 bits per heavy atom. The largest absolute Gasteiger partial charge is 0.416 e. The van der Waals surface area contributed by atoms with Crippen LogP contribution in [-0.2, 0) is 20.6 Å². The van der Waals surface area contributed by atoms with Crippen molar-refractivity contribution in [1.29, 1.82) is 0 Å². The van der Waals surface area contributed by atoms with Crippen LogP contribution in [0.25, 0.3) is 6.08 Å². The summed E-state index contributed by atoms with van der Waals surface area (Å²) >= 11 is 0. The summed E-state index contributed by atoms with van der Waals surface area (Å²) in [6.45, 7) is -0.212. The average molecular weight is 341 g/mol. The SMILES string of the molecule is O=C(/C=C/c1ccc(C(F)(F)F)cc1)NCC(=O)N1CNC(=O)C1. The van der Waals surface area contributed by atoms with Crippen LogP contribution in [0.15, 0.2) is 30.3 Å². The molecular formula is C15H14F3N3O3. The Kier molecular flexibility index (Phi) is 5.22. The fraction of sp³-hybridized carbons (Fsp3) is 0.267. The third-order valence-corrected chi connectivity index (χ3v) is 3.23. The fourth-order valence-corrected chi connectivity index (χ4v) is 1.93. The van der Waals surface area contributed by atoms with Crippen LogP contribution in [0.2, 0.25) is 0 Å².